The first-order valence-electron chi connectivity index (χ1n) is 4.60. The number of benzene rings is 1. The molecule has 0 aliphatic carbocycles. The molecule has 16 heavy (non-hydrogen) atoms. The van der Waals surface area contributed by atoms with E-state index in [0.717, 1.165) is 0 Å². The van der Waals surface area contributed by atoms with E-state index >= 15 is 0 Å². The van der Waals surface area contributed by atoms with Gasteiger partial charge in [0.05, 0.1) is 11.2 Å². The Morgan fingerprint density at radius 3 is 2.62 bits per heavy atom. The lowest BCUT2D eigenvalue weighted by Crippen LogP contribution is -2.08. The molecule has 0 aliphatic rings. The Morgan fingerprint density at radius 2 is 2.12 bits per heavy atom. The van der Waals surface area contributed by atoms with Crippen molar-refractivity contribution in [1.29, 1.82) is 0 Å². The summed E-state index contributed by atoms with van der Waals surface area (Å²) < 4.78 is 0. The van der Waals surface area contributed by atoms with Crippen LogP contribution in [0.4, 0.5) is 0 Å². The fourth-order valence-electron chi connectivity index (χ4n) is 1.36. The highest BCUT2D eigenvalue weighted by Crippen LogP contribution is 2.29. The van der Waals surface area contributed by atoms with Gasteiger partial charge in [-0.1, -0.05) is 22.0 Å². The van der Waals surface area contributed by atoms with E-state index in [4.69, 9.17) is 5.11 Å². The number of ketones is 1. The molecule has 0 saturated heterocycles. The summed E-state index contributed by atoms with van der Waals surface area (Å²) in [5.41, 5.74) is 1.30. The third kappa shape index (κ3) is 3.35. The average molecular weight is 303 g/mol. The van der Waals surface area contributed by atoms with Crippen LogP contribution < -0.4 is 0 Å². The molecule has 1 aromatic carbocycles. The van der Waals surface area contributed by atoms with Crippen LogP contribution in [-0.4, -0.2) is 16.9 Å². The molecule has 5 heteroatoms. The van der Waals surface area contributed by atoms with Crippen LogP contribution in [0.1, 0.15) is 22.9 Å². The zero-order valence-corrected chi connectivity index (χ0v) is 11.1. The van der Waals surface area contributed by atoms with Gasteiger partial charge in [0, 0.05) is 4.90 Å². The summed E-state index contributed by atoms with van der Waals surface area (Å²) in [7, 11) is 0. The summed E-state index contributed by atoms with van der Waals surface area (Å²) in [6.45, 7) is 1.45. The lowest BCUT2D eigenvalue weighted by atomic mass is 10.0. The van der Waals surface area contributed by atoms with E-state index in [-0.39, 0.29) is 12.2 Å². The molecular formula is C11H11BrO3S. The summed E-state index contributed by atoms with van der Waals surface area (Å²) in [6, 6.07) is 5.11. The molecule has 0 spiro atoms. The third-order valence-electron chi connectivity index (χ3n) is 2.10. The topological polar surface area (TPSA) is 54.4 Å². The summed E-state index contributed by atoms with van der Waals surface area (Å²) in [5, 5.41) is 8.76. The third-order valence-corrected chi connectivity index (χ3v) is 3.52. The van der Waals surface area contributed by atoms with Crippen LogP contribution in [0.5, 0.6) is 0 Å². The highest BCUT2D eigenvalue weighted by atomic mass is 79.9. The summed E-state index contributed by atoms with van der Waals surface area (Å²) in [4.78, 5) is 22.2. The molecule has 0 bridgehead atoms. The van der Waals surface area contributed by atoms with E-state index in [1.807, 2.05) is 0 Å². The Bertz CT molecular complexity index is 431. The van der Waals surface area contributed by atoms with Gasteiger partial charge in [0.2, 0.25) is 0 Å². The van der Waals surface area contributed by atoms with Gasteiger partial charge in [-0.2, -0.15) is 0 Å². The molecule has 0 fully saturated rings. The minimum absolute atomic E-state index is 0.0643. The molecular weight excluding hydrogens is 292 g/mol. The number of carboxylic acid groups (broad SMARTS) is 1. The number of thiol groups is 1. The van der Waals surface area contributed by atoms with Crippen LogP contribution in [0.25, 0.3) is 0 Å². The summed E-state index contributed by atoms with van der Waals surface area (Å²) in [5.74, 6) is -0.984. The van der Waals surface area contributed by atoms with Crippen molar-refractivity contribution in [3.63, 3.8) is 0 Å². The summed E-state index contributed by atoms with van der Waals surface area (Å²) >= 11 is 7.42. The number of Topliss-reactive ketones (excluding diaryl/α,β-unsaturated/α-hetero) is 1. The number of aliphatic carboxylic acids is 1. The van der Waals surface area contributed by atoms with Gasteiger partial charge in [-0.25, -0.2) is 0 Å². The fourth-order valence-corrected chi connectivity index (χ4v) is 2.00. The molecule has 0 aliphatic heterocycles. The van der Waals surface area contributed by atoms with Crippen molar-refractivity contribution in [2.75, 3.05) is 0 Å². The van der Waals surface area contributed by atoms with Gasteiger partial charge in [0.25, 0.3) is 0 Å². The van der Waals surface area contributed by atoms with Crippen molar-refractivity contribution in [1.82, 2.24) is 0 Å². The Labute approximate surface area is 107 Å². The van der Waals surface area contributed by atoms with Gasteiger partial charge in [0.15, 0.2) is 0 Å². The van der Waals surface area contributed by atoms with Crippen LogP contribution in [0.15, 0.2) is 23.1 Å². The molecule has 0 aromatic heterocycles. The molecule has 0 radical (unpaired) electrons. The molecule has 1 N–H and O–H groups in total. The Balaban J connectivity index is 3.17. The van der Waals surface area contributed by atoms with E-state index < -0.39 is 10.8 Å². The SMILES string of the molecule is CC(=O)C(Br)c1cc(S)ccc1CC(=O)O. The van der Waals surface area contributed by atoms with Gasteiger partial charge in [0.1, 0.15) is 5.78 Å². The lowest BCUT2D eigenvalue weighted by Gasteiger charge is -2.12. The first kappa shape index (κ1) is 13.3. The first-order chi connectivity index (χ1) is 7.41. The van der Waals surface area contributed by atoms with Crippen molar-refractivity contribution < 1.29 is 14.7 Å². The van der Waals surface area contributed by atoms with E-state index in [0.29, 0.717) is 16.0 Å². The highest BCUT2D eigenvalue weighted by molar-refractivity contribution is 9.09. The fraction of sp³-hybridized carbons (Fsp3) is 0.273. The van der Waals surface area contributed by atoms with Crippen LogP contribution in [-0.2, 0) is 16.0 Å². The maximum absolute atomic E-state index is 11.3. The second-order valence-corrected chi connectivity index (χ2v) is 4.86. The predicted octanol–water partition coefficient (Wildman–Crippen LogP) is 2.63. The van der Waals surface area contributed by atoms with Gasteiger partial charge in [-0.3, -0.25) is 9.59 Å². The van der Waals surface area contributed by atoms with E-state index in [9.17, 15) is 9.59 Å². The molecule has 0 amide bonds. The number of alkyl halides is 1. The maximum Gasteiger partial charge on any atom is 0.307 e. The Kier molecular flexibility index (Phi) is 4.56. The average Bonchev–Trinajstić information content (AvgIpc) is 2.18. The number of carbonyl (C=O) groups excluding carboxylic acids is 1. The number of halogens is 1. The van der Waals surface area contributed by atoms with Gasteiger partial charge < -0.3 is 5.11 Å². The molecule has 0 heterocycles. The Morgan fingerprint density at radius 1 is 1.50 bits per heavy atom. The summed E-state index contributed by atoms with van der Waals surface area (Å²) in [6.07, 6.45) is -0.0984. The minimum atomic E-state index is -0.920. The zero-order chi connectivity index (χ0) is 12.3. The zero-order valence-electron chi connectivity index (χ0n) is 8.61. The van der Waals surface area contributed by atoms with Crippen molar-refractivity contribution in [2.24, 2.45) is 0 Å². The van der Waals surface area contributed by atoms with E-state index in [1.54, 1.807) is 18.2 Å². The van der Waals surface area contributed by atoms with Crippen molar-refractivity contribution in [2.45, 2.75) is 23.1 Å². The maximum atomic E-state index is 11.3. The predicted molar refractivity (Wildman–Crippen MR) is 67.4 cm³/mol. The number of carbonyl (C=O) groups is 2. The second-order valence-electron chi connectivity index (χ2n) is 3.43. The minimum Gasteiger partial charge on any atom is -0.481 e. The van der Waals surface area contributed by atoms with Crippen LogP contribution >= 0.6 is 28.6 Å². The normalized spacial score (nSPS) is 12.2. The first-order valence-corrected chi connectivity index (χ1v) is 5.96. The quantitative estimate of drug-likeness (QED) is 0.664. The van der Waals surface area contributed by atoms with Crippen molar-refractivity contribution in [3.05, 3.63) is 29.3 Å². The van der Waals surface area contributed by atoms with Crippen LogP contribution in [0, 0.1) is 0 Å². The van der Waals surface area contributed by atoms with Gasteiger partial charge >= 0.3 is 5.97 Å². The van der Waals surface area contributed by atoms with E-state index in [2.05, 4.69) is 28.6 Å². The van der Waals surface area contributed by atoms with Crippen LogP contribution in [0.3, 0.4) is 0 Å². The molecule has 1 atom stereocenters. The van der Waals surface area contributed by atoms with E-state index in [1.165, 1.54) is 6.92 Å². The molecule has 1 aromatic rings. The number of hydrogen-bond donors (Lipinski definition) is 2. The molecule has 1 rings (SSSR count). The Hall–Kier alpha value is -0.810. The number of carboxylic acids is 1. The number of hydrogen-bond acceptors (Lipinski definition) is 3. The van der Waals surface area contributed by atoms with Crippen molar-refractivity contribution in [3.8, 4) is 0 Å². The lowest BCUT2D eigenvalue weighted by molar-refractivity contribution is -0.136. The molecule has 86 valence electrons. The van der Waals surface area contributed by atoms with Crippen molar-refractivity contribution >= 4 is 40.3 Å². The smallest absolute Gasteiger partial charge is 0.307 e. The van der Waals surface area contributed by atoms with Crippen LogP contribution in [0.2, 0.25) is 0 Å². The molecule has 1 unspecified atom stereocenters. The largest absolute Gasteiger partial charge is 0.481 e. The standard InChI is InChI=1S/C11H11BrO3S/c1-6(13)11(12)9-5-8(16)3-2-7(9)4-10(14)15/h2-3,5,11,16H,4H2,1H3,(H,14,15). The molecule has 3 nitrogen and oxygen atoms in total. The number of rotatable bonds is 4. The second kappa shape index (κ2) is 5.50. The highest BCUT2D eigenvalue weighted by Gasteiger charge is 2.18. The van der Waals surface area contributed by atoms with Gasteiger partial charge in [-0.05, 0) is 30.2 Å². The molecule has 0 saturated carbocycles. The van der Waals surface area contributed by atoms with Gasteiger partial charge in [-0.15, -0.1) is 12.6 Å². The monoisotopic (exact) mass is 302 g/mol.